The molecular weight excluding hydrogens is 371 g/mol. The summed E-state index contributed by atoms with van der Waals surface area (Å²) in [5, 5.41) is -0.350. The minimum Gasteiger partial charge on any atom is -0.297 e. The summed E-state index contributed by atoms with van der Waals surface area (Å²) >= 11 is 0. The number of hydrogen-bond acceptors (Lipinski definition) is 5. The van der Waals surface area contributed by atoms with Crippen molar-refractivity contribution in [3.63, 3.8) is 0 Å². The topological polar surface area (TPSA) is 83.1 Å². The summed E-state index contributed by atoms with van der Waals surface area (Å²) in [5.41, 5.74) is 0.304. The van der Waals surface area contributed by atoms with E-state index in [4.69, 9.17) is 0 Å². The van der Waals surface area contributed by atoms with E-state index in [1.807, 2.05) is 4.90 Å². The Morgan fingerprint density at radius 3 is 2.46 bits per heavy atom. The molecule has 0 saturated heterocycles. The second-order valence-corrected chi connectivity index (χ2v) is 8.15. The number of aromatic nitrogens is 2. The molecule has 0 spiro atoms. The zero-order valence-electron chi connectivity index (χ0n) is 13.8. The van der Waals surface area contributed by atoms with Crippen LogP contribution in [0.4, 0.5) is 13.2 Å². The third kappa shape index (κ3) is 3.96. The smallest absolute Gasteiger partial charge is 0.297 e. The molecule has 26 heavy (non-hydrogen) atoms. The second-order valence-electron chi connectivity index (χ2n) is 6.22. The van der Waals surface area contributed by atoms with Gasteiger partial charge < -0.3 is 0 Å². The van der Waals surface area contributed by atoms with Gasteiger partial charge in [-0.15, -0.1) is 0 Å². The minimum absolute atomic E-state index is 0.253. The molecule has 0 fully saturated rings. The summed E-state index contributed by atoms with van der Waals surface area (Å²) in [6.07, 6.45) is -3.02. The SMILES string of the molecule is CS(=O)(=O)c1nc2c(c(=O)[nH]1)CN(Cc1ccc(C(F)(F)F)cc1)CC2. The third-order valence-corrected chi connectivity index (χ3v) is 5.06. The molecule has 140 valence electrons. The van der Waals surface area contributed by atoms with Crippen LogP contribution in [0.3, 0.4) is 0 Å². The van der Waals surface area contributed by atoms with Crippen LogP contribution in [0.2, 0.25) is 0 Å². The van der Waals surface area contributed by atoms with Crippen LogP contribution in [0.1, 0.15) is 22.4 Å². The van der Waals surface area contributed by atoms with Gasteiger partial charge in [0.2, 0.25) is 15.0 Å². The molecule has 0 atom stereocenters. The lowest BCUT2D eigenvalue weighted by molar-refractivity contribution is -0.137. The van der Waals surface area contributed by atoms with E-state index in [1.165, 1.54) is 12.1 Å². The predicted octanol–water partition coefficient (Wildman–Crippen LogP) is 1.75. The fourth-order valence-corrected chi connectivity index (χ4v) is 3.38. The largest absolute Gasteiger partial charge is 0.416 e. The van der Waals surface area contributed by atoms with Gasteiger partial charge in [-0.1, -0.05) is 12.1 Å². The molecule has 1 aromatic heterocycles. The monoisotopic (exact) mass is 387 g/mol. The summed E-state index contributed by atoms with van der Waals surface area (Å²) in [5.74, 6) is 0. The van der Waals surface area contributed by atoms with Crippen molar-refractivity contribution in [1.82, 2.24) is 14.9 Å². The van der Waals surface area contributed by atoms with Gasteiger partial charge in [0.05, 0.1) is 16.8 Å². The number of benzene rings is 1. The lowest BCUT2D eigenvalue weighted by atomic mass is 10.1. The van der Waals surface area contributed by atoms with Crippen molar-refractivity contribution < 1.29 is 21.6 Å². The first-order valence-electron chi connectivity index (χ1n) is 7.74. The highest BCUT2D eigenvalue weighted by atomic mass is 32.2. The molecule has 2 aromatic rings. The van der Waals surface area contributed by atoms with Crippen molar-refractivity contribution in [2.45, 2.75) is 30.8 Å². The Hall–Kier alpha value is -2.20. The molecule has 1 aliphatic heterocycles. The van der Waals surface area contributed by atoms with Gasteiger partial charge in [-0.3, -0.25) is 14.7 Å². The van der Waals surface area contributed by atoms with Gasteiger partial charge in [0, 0.05) is 32.3 Å². The normalized spacial score (nSPS) is 15.7. The number of hydrogen-bond donors (Lipinski definition) is 1. The van der Waals surface area contributed by atoms with Crippen molar-refractivity contribution >= 4 is 9.84 Å². The lowest BCUT2D eigenvalue weighted by Crippen LogP contribution is -2.36. The first-order chi connectivity index (χ1) is 12.0. The Balaban J connectivity index is 1.78. The van der Waals surface area contributed by atoms with E-state index in [0.717, 1.165) is 18.4 Å². The van der Waals surface area contributed by atoms with Gasteiger partial charge >= 0.3 is 6.18 Å². The van der Waals surface area contributed by atoms with Crippen LogP contribution in [0.15, 0.2) is 34.2 Å². The summed E-state index contributed by atoms with van der Waals surface area (Å²) in [6.45, 7) is 1.15. The number of nitrogens with zero attached hydrogens (tertiary/aromatic N) is 2. The molecular formula is C16H16F3N3O3S. The Bertz CT molecular complexity index is 983. The van der Waals surface area contributed by atoms with E-state index in [-0.39, 0.29) is 11.7 Å². The average molecular weight is 387 g/mol. The number of H-pyrrole nitrogens is 1. The van der Waals surface area contributed by atoms with Crippen LogP contribution >= 0.6 is 0 Å². The van der Waals surface area contributed by atoms with Gasteiger partial charge in [0.25, 0.3) is 5.56 Å². The van der Waals surface area contributed by atoms with E-state index in [1.54, 1.807) is 0 Å². The molecule has 0 radical (unpaired) electrons. The van der Waals surface area contributed by atoms with E-state index >= 15 is 0 Å². The van der Waals surface area contributed by atoms with Crippen molar-refractivity contribution in [2.75, 3.05) is 12.8 Å². The second kappa shape index (κ2) is 6.51. The highest BCUT2D eigenvalue weighted by molar-refractivity contribution is 7.90. The van der Waals surface area contributed by atoms with Crippen LogP contribution < -0.4 is 5.56 Å². The molecule has 0 saturated carbocycles. The fraction of sp³-hybridized carbons (Fsp3) is 0.375. The van der Waals surface area contributed by atoms with E-state index < -0.39 is 27.1 Å². The number of alkyl halides is 3. The highest BCUT2D eigenvalue weighted by Gasteiger charge is 2.30. The van der Waals surface area contributed by atoms with Crippen LogP contribution in [0.5, 0.6) is 0 Å². The summed E-state index contributed by atoms with van der Waals surface area (Å²) in [4.78, 5) is 20.4. The van der Waals surface area contributed by atoms with Gasteiger partial charge in [0.1, 0.15) is 0 Å². The lowest BCUT2D eigenvalue weighted by Gasteiger charge is -2.27. The Morgan fingerprint density at radius 2 is 1.88 bits per heavy atom. The zero-order valence-corrected chi connectivity index (χ0v) is 14.6. The summed E-state index contributed by atoms with van der Waals surface area (Å²) < 4.78 is 60.9. The van der Waals surface area contributed by atoms with Crippen LogP contribution in [-0.2, 0) is 35.5 Å². The maximum Gasteiger partial charge on any atom is 0.416 e. The minimum atomic E-state index is -4.38. The zero-order chi connectivity index (χ0) is 19.1. The average Bonchev–Trinajstić information content (AvgIpc) is 2.54. The van der Waals surface area contributed by atoms with Crippen LogP contribution in [-0.4, -0.2) is 36.1 Å². The Kier molecular flexibility index (Phi) is 4.65. The number of aromatic amines is 1. The maximum atomic E-state index is 12.6. The molecule has 0 amide bonds. The first kappa shape index (κ1) is 18.6. The molecule has 2 heterocycles. The van der Waals surface area contributed by atoms with Gasteiger partial charge in [0.15, 0.2) is 0 Å². The molecule has 3 rings (SSSR count). The van der Waals surface area contributed by atoms with Gasteiger partial charge in [-0.05, 0) is 17.7 Å². The Labute approximate surface area is 147 Å². The third-order valence-electron chi connectivity index (χ3n) is 4.16. The quantitative estimate of drug-likeness (QED) is 0.812. The first-order valence-corrected chi connectivity index (χ1v) is 9.64. The maximum absolute atomic E-state index is 12.6. The standard InChI is InChI=1S/C16H16F3N3O3S/c1-26(24,25)15-20-13-6-7-22(9-12(13)14(23)21-15)8-10-2-4-11(5-3-10)16(17,18)19/h2-5H,6-9H2,1H3,(H,20,21,23). The van der Waals surface area contributed by atoms with Crippen LogP contribution in [0.25, 0.3) is 0 Å². The fourth-order valence-electron chi connectivity index (χ4n) is 2.83. The van der Waals surface area contributed by atoms with Gasteiger partial charge in [-0.25, -0.2) is 13.4 Å². The van der Waals surface area contributed by atoms with Crippen molar-refractivity contribution in [3.05, 3.63) is 57.0 Å². The van der Waals surface area contributed by atoms with E-state index in [2.05, 4.69) is 9.97 Å². The van der Waals surface area contributed by atoms with Crippen LogP contribution in [0, 0.1) is 0 Å². The molecule has 1 aromatic carbocycles. The molecule has 1 N–H and O–H groups in total. The van der Waals surface area contributed by atoms with Crippen molar-refractivity contribution in [1.29, 1.82) is 0 Å². The number of nitrogens with one attached hydrogen (secondary N) is 1. The molecule has 6 nitrogen and oxygen atoms in total. The molecule has 1 aliphatic rings. The summed E-state index contributed by atoms with van der Waals surface area (Å²) in [6, 6.07) is 4.88. The molecule has 0 aliphatic carbocycles. The van der Waals surface area contributed by atoms with Gasteiger partial charge in [-0.2, -0.15) is 13.2 Å². The van der Waals surface area contributed by atoms with E-state index in [0.29, 0.717) is 36.3 Å². The Morgan fingerprint density at radius 1 is 1.23 bits per heavy atom. The number of halogens is 3. The summed E-state index contributed by atoms with van der Waals surface area (Å²) in [7, 11) is -3.61. The number of fused-ring (bicyclic) bond motifs is 1. The van der Waals surface area contributed by atoms with Crippen molar-refractivity contribution in [2.24, 2.45) is 0 Å². The molecule has 0 unspecified atom stereocenters. The number of sulfone groups is 1. The van der Waals surface area contributed by atoms with Crippen molar-refractivity contribution in [3.8, 4) is 0 Å². The predicted molar refractivity (Wildman–Crippen MR) is 87.2 cm³/mol. The van der Waals surface area contributed by atoms with E-state index in [9.17, 15) is 26.4 Å². The number of rotatable bonds is 3. The highest BCUT2D eigenvalue weighted by Crippen LogP contribution is 2.29. The molecule has 0 bridgehead atoms. The molecule has 10 heteroatoms.